The van der Waals surface area contributed by atoms with Crippen LogP contribution < -0.4 is 9.64 Å². The Bertz CT molecular complexity index is 1500. The number of benzene rings is 5. The van der Waals surface area contributed by atoms with E-state index in [4.69, 9.17) is 4.74 Å². The summed E-state index contributed by atoms with van der Waals surface area (Å²) in [5.74, 6) is 0.870. The van der Waals surface area contributed by atoms with Gasteiger partial charge in [0, 0.05) is 5.69 Å². The van der Waals surface area contributed by atoms with E-state index in [1.807, 2.05) is 0 Å². The minimum Gasteiger partial charge on any atom is -0.497 e. The quantitative estimate of drug-likeness (QED) is 0.247. The number of hydrogen-bond donors (Lipinski definition) is 0. The minimum atomic E-state index is -0.269. The van der Waals surface area contributed by atoms with Gasteiger partial charge in [0.1, 0.15) is 11.1 Å². The molecule has 0 N–H and O–H groups in total. The van der Waals surface area contributed by atoms with Gasteiger partial charge in [0.25, 0.3) is 0 Å². The molecule has 2 atom stereocenters. The molecule has 2 nitrogen and oxygen atoms in total. The molecule has 3 heteroatoms. The van der Waals surface area contributed by atoms with Crippen molar-refractivity contribution in [1.29, 1.82) is 0 Å². The van der Waals surface area contributed by atoms with Crippen LogP contribution in [0.4, 0.5) is 5.69 Å². The van der Waals surface area contributed by atoms with E-state index < -0.39 is 0 Å². The lowest BCUT2D eigenvalue weighted by atomic mass is 9.83. The van der Waals surface area contributed by atoms with Gasteiger partial charge in [-0.05, 0) is 57.6 Å². The second-order valence-corrected chi connectivity index (χ2v) is 11.0. The molecule has 5 aromatic rings. The number of fused-ring (bicyclic) bond motifs is 5. The van der Waals surface area contributed by atoms with Gasteiger partial charge in [-0.3, -0.25) is 0 Å². The highest BCUT2D eigenvalue weighted by atomic mass is 32.2. The van der Waals surface area contributed by atoms with Crippen molar-refractivity contribution < 1.29 is 4.74 Å². The van der Waals surface area contributed by atoms with Crippen molar-refractivity contribution in [3.05, 3.63) is 156 Å². The van der Waals surface area contributed by atoms with E-state index in [2.05, 4.69) is 150 Å². The molecule has 1 fully saturated rings. The first-order chi connectivity index (χ1) is 18.3. The Labute approximate surface area is 222 Å². The zero-order chi connectivity index (χ0) is 24.8. The van der Waals surface area contributed by atoms with Crippen LogP contribution in [0.3, 0.4) is 0 Å². The largest absolute Gasteiger partial charge is 0.497 e. The molecule has 0 amide bonds. The minimum absolute atomic E-state index is 0.0853. The number of anilines is 1. The van der Waals surface area contributed by atoms with Crippen LogP contribution in [0.2, 0.25) is 0 Å². The molecule has 1 spiro atoms. The summed E-state index contributed by atoms with van der Waals surface area (Å²) in [6, 6.07) is 48.6. The third-order valence-electron chi connectivity index (χ3n) is 7.73. The summed E-state index contributed by atoms with van der Waals surface area (Å²) in [6.07, 6.45) is 0. The van der Waals surface area contributed by atoms with Crippen LogP contribution in [0.1, 0.15) is 33.7 Å². The Balaban J connectivity index is 1.55. The smallest absolute Gasteiger partial charge is 0.119 e. The molecule has 0 bridgehead atoms. The lowest BCUT2D eigenvalue weighted by Gasteiger charge is -2.38. The van der Waals surface area contributed by atoms with Crippen molar-refractivity contribution in [2.45, 2.75) is 16.2 Å². The normalized spacial score (nSPS) is 19.0. The van der Waals surface area contributed by atoms with Crippen molar-refractivity contribution in [3.63, 3.8) is 0 Å². The van der Waals surface area contributed by atoms with Gasteiger partial charge in [0.05, 0.1) is 17.9 Å². The summed E-state index contributed by atoms with van der Waals surface area (Å²) in [5, 5.41) is 0.124. The summed E-state index contributed by atoms with van der Waals surface area (Å²) in [4.78, 5) is 2.63. The number of nitrogens with zero attached hydrogens (tertiary/aromatic N) is 1. The van der Waals surface area contributed by atoms with Gasteiger partial charge in [-0.15, -0.1) is 11.8 Å². The number of ether oxygens (including phenoxy) is 1. The van der Waals surface area contributed by atoms with Crippen LogP contribution in [0.5, 0.6) is 5.75 Å². The van der Waals surface area contributed by atoms with Gasteiger partial charge in [-0.1, -0.05) is 109 Å². The number of rotatable bonds is 4. The topological polar surface area (TPSA) is 12.5 Å². The molecule has 37 heavy (non-hydrogen) atoms. The lowest BCUT2D eigenvalue weighted by Crippen LogP contribution is -2.35. The Morgan fingerprint density at radius 1 is 0.595 bits per heavy atom. The number of thioether (sulfide) groups is 1. The molecule has 1 aliphatic carbocycles. The molecule has 1 saturated heterocycles. The average Bonchev–Trinajstić information content (AvgIpc) is 3.48. The Morgan fingerprint density at radius 2 is 1.11 bits per heavy atom. The van der Waals surface area contributed by atoms with E-state index in [1.165, 1.54) is 39.1 Å². The lowest BCUT2D eigenvalue weighted by molar-refractivity contribution is 0.414. The molecule has 0 unspecified atom stereocenters. The highest BCUT2D eigenvalue weighted by Gasteiger charge is 2.59. The molecule has 0 aromatic heterocycles. The van der Waals surface area contributed by atoms with Crippen LogP contribution in [0.25, 0.3) is 11.1 Å². The molecule has 1 aliphatic heterocycles. The van der Waals surface area contributed by atoms with Crippen molar-refractivity contribution in [1.82, 2.24) is 0 Å². The van der Waals surface area contributed by atoms with E-state index in [0.717, 1.165) is 5.75 Å². The average molecular weight is 498 g/mol. The van der Waals surface area contributed by atoms with Gasteiger partial charge in [0.15, 0.2) is 0 Å². The van der Waals surface area contributed by atoms with Gasteiger partial charge in [-0.25, -0.2) is 0 Å². The summed E-state index contributed by atoms with van der Waals surface area (Å²) in [5.41, 5.74) is 9.29. The summed E-state index contributed by atoms with van der Waals surface area (Å²) in [7, 11) is 1.72. The predicted molar refractivity (Wildman–Crippen MR) is 154 cm³/mol. The first-order valence-corrected chi connectivity index (χ1v) is 13.6. The van der Waals surface area contributed by atoms with Crippen LogP contribution in [-0.4, -0.2) is 7.11 Å². The van der Waals surface area contributed by atoms with Crippen LogP contribution in [-0.2, 0) is 4.75 Å². The summed E-state index contributed by atoms with van der Waals surface area (Å²) < 4.78 is 5.25. The zero-order valence-electron chi connectivity index (χ0n) is 20.6. The van der Waals surface area contributed by atoms with Crippen LogP contribution in [0, 0.1) is 0 Å². The Hall–Kier alpha value is -3.95. The molecule has 2 aliphatic rings. The molecule has 0 radical (unpaired) electrons. The second kappa shape index (κ2) is 8.86. The molecule has 5 aromatic carbocycles. The molecule has 0 saturated carbocycles. The SMILES string of the molecule is COc1ccc(N2[C@@H](c3ccccc3)C3(S[C@H]2c2ccccc2)c2ccccc2-c2ccccc23)cc1. The second-order valence-electron chi connectivity index (χ2n) is 9.63. The van der Waals surface area contributed by atoms with E-state index in [0.29, 0.717) is 0 Å². The van der Waals surface area contributed by atoms with Crippen molar-refractivity contribution >= 4 is 17.4 Å². The first-order valence-electron chi connectivity index (χ1n) is 12.7. The van der Waals surface area contributed by atoms with Gasteiger partial charge < -0.3 is 9.64 Å². The van der Waals surface area contributed by atoms with Crippen molar-refractivity contribution in [2.75, 3.05) is 12.0 Å². The van der Waals surface area contributed by atoms with E-state index in [1.54, 1.807) is 7.11 Å². The fraction of sp³-hybridized carbons (Fsp3) is 0.118. The van der Waals surface area contributed by atoms with Crippen molar-refractivity contribution in [2.24, 2.45) is 0 Å². The van der Waals surface area contributed by atoms with E-state index in [-0.39, 0.29) is 16.2 Å². The highest BCUT2D eigenvalue weighted by Crippen LogP contribution is 2.71. The Kier molecular flexibility index (Phi) is 5.33. The summed E-state index contributed by atoms with van der Waals surface area (Å²) in [6.45, 7) is 0. The maximum absolute atomic E-state index is 5.52. The van der Waals surface area contributed by atoms with E-state index >= 15 is 0 Å². The van der Waals surface area contributed by atoms with Crippen LogP contribution in [0.15, 0.2) is 133 Å². The zero-order valence-corrected chi connectivity index (χ0v) is 21.4. The van der Waals surface area contributed by atoms with Crippen LogP contribution >= 0.6 is 11.8 Å². The fourth-order valence-electron chi connectivity index (χ4n) is 6.19. The number of methoxy groups -OCH3 is 1. The van der Waals surface area contributed by atoms with Crippen molar-refractivity contribution in [3.8, 4) is 16.9 Å². The predicted octanol–water partition coefficient (Wildman–Crippen LogP) is 8.61. The monoisotopic (exact) mass is 497 g/mol. The van der Waals surface area contributed by atoms with Gasteiger partial charge in [0.2, 0.25) is 0 Å². The molecular formula is C34H27NOS. The standard InChI is InChI=1S/C34H27NOS/c1-36-27-22-20-26(21-23-27)35-32(24-12-4-2-5-13-24)34(37-33(35)25-14-6-3-7-15-25)30-18-10-8-16-28(30)29-17-9-11-19-31(29)34/h2-23,32-33H,1H3/t32-,33-/m0/s1. The maximum atomic E-state index is 5.52. The third-order valence-corrected chi connectivity index (χ3v) is 9.49. The van der Waals surface area contributed by atoms with Gasteiger partial charge >= 0.3 is 0 Å². The van der Waals surface area contributed by atoms with E-state index in [9.17, 15) is 0 Å². The maximum Gasteiger partial charge on any atom is 0.119 e. The first kappa shape index (κ1) is 22.3. The number of hydrogen-bond acceptors (Lipinski definition) is 3. The fourth-order valence-corrected chi connectivity index (χ4v) is 8.19. The molecule has 180 valence electrons. The highest BCUT2D eigenvalue weighted by molar-refractivity contribution is 8.01. The Morgan fingerprint density at radius 3 is 1.68 bits per heavy atom. The molecular weight excluding hydrogens is 470 g/mol. The third kappa shape index (κ3) is 3.34. The summed E-state index contributed by atoms with van der Waals surface area (Å²) >= 11 is 2.07. The molecule has 1 heterocycles. The van der Waals surface area contributed by atoms with Gasteiger partial charge in [-0.2, -0.15) is 0 Å². The molecule has 7 rings (SSSR count).